The van der Waals surface area contributed by atoms with Crippen molar-refractivity contribution in [2.75, 3.05) is 6.61 Å². The zero-order chi connectivity index (χ0) is 20.7. The van der Waals surface area contributed by atoms with Crippen LogP contribution in [-0.4, -0.2) is 21.9 Å². The van der Waals surface area contributed by atoms with Crippen molar-refractivity contribution in [3.63, 3.8) is 0 Å². The highest BCUT2D eigenvalue weighted by Gasteiger charge is 2.46. The number of rotatable bonds is 4. The van der Waals surface area contributed by atoms with Gasteiger partial charge in [0.15, 0.2) is 0 Å². The largest absolute Gasteiger partial charge is 0.508 e. The summed E-state index contributed by atoms with van der Waals surface area (Å²) in [7, 11) is 0. The molecular formula is C27H22O3. The summed E-state index contributed by atoms with van der Waals surface area (Å²) in [6.45, 7) is 0.0873. The Morgan fingerprint density at radius 1 is 0.600 bits per heavy atom. The lowest BCUT2D eigenvalue weighted by molar-refractivity contribution is 0.300. The first-order valence-electron chi connectivity index (χ1n) is 10.1. The molecular weight excluding hydrogens is 372 g/mol. The highest BCUT2D eigenvalue weighted by Crippen LogP contribution is 2.57. The maximum absolute atomic E-state index is 9.93. The molecule has 3 N–H and O–H groups in total. The van der Waals surface area contributed by atoms with Crippen LogP contribution < -0.4 is 0 Å². The molecule has 0 bridgehead atoms. The van der Waals surface area contributed by atoms with Crippen molar-refractivity contribution in [1.82, 2.24) is 0 Å². The van der Waals surface area contributed by atoms with E-state index in [-0.39, 0.29) is 18.1 Å². The molecule has 0 heterocycles. The van der Waals surface area contributed by atoms with Crippen molar-refractivity contribution in [1.29, 1.82) is 0 Å². The Balaban J connectivity index is 1.94. The van der Waals surface area contributed by atoms with Crippen LogP contribution in [-0.2, 0) is 11.8 Å². The van der Waals surface area contributed by atoms with Gasteiger partial charge in [-0.15, -0.1) is 0 Å². The summed E-state index contributed by atoms with van der Waals surface area (Å²) in [6.07, 6.45) is 0.582. The summed E-state index contributed by atoms with van der Waals surface area (Å²) in [6, 6.07) is 29.4. The van der Waals surface area contributed by atoms with Gasteiger partial charge in [0.25, 0.3) is 0 Å². The minimum atomic E-state index is -0.585. The van der Waals surface area contributed by atoms with Gasteiger partial charge in [-0.25, -0.2) is 0 Å². The second kappa shape index (κ2) is 7.05. The fourth-order valence-electron chi connectivity index (χ4n) is 4.94. The first-order chi connectivity index (χ1) is 14.7. The summed E-state index contributed by atoms with van der Waals surface area (Å²) in [5, 5.41) is 29.5. The molecule has 0 spiro atoms. The van der Waals surface area contributed by atoms with E-state index in [4.69, 9.17) is 0 Å². The van der Waals surface area contributed by atoms with Crippen LogP contribution in [0.3, 0.4) is 0 Å². The lowest BCUT2D eigenvalue weighted by Crippen LogP contribution is -2.28. The number of aromatic hydroxyl groups is 2. The van der Waals surface area contributed by atoms with Crippen molar-refractivity contribution >= 4 is 0 Å². The first-order valence-corrected chi connectivity index (χ1v) is 10.1. The molecule has 0 atom stereocenters. The third-order valence-electron chi connectivity index (χ3n) is 6.14. The van der Waals surface area contributed by atoms with E-state index < -0.39 is 5.41 Å². The number of fused-ring (bicyclic) bond motifs is 3. The van der Waals surface area contributed by atoms with Crippen LogP contribution in [0.5, 0.6) is 11.5 Å². The average Bonchev–Trinajstić information content (AvgIpc) is 3.07. The fraction of sp³-hybridized carbons (Fsp3) is 0.111. The molecule has 4 aromatic carbocycles. The Kier molecular flexibility index (Phi) is 4.34. The Hall–Kier alpha value is -3.56. The predicted molar refractivity (Wildman–Crippen MR) is 118 cm³/mol. The van der Waals surface area contributed by atoms with Crippen LogP contribution in [0, 0.1) is 0 Å². The minimum Gasteiger partial charge on any atom is -0.508 e. The van der Waals surface area contributed by atoms with Crippen LogP contribution >= 0.6 is 0 Å². The van der Waals surface area contributed by atoms with Gasteiger partial charge in [0.2, 0.25) is 0 Å². The maximum atomic E-state index is 9.93. The zero-order valence-electron chi connectivity index (χ0n) is 16.4. The summed E-state index contributed by atoms with van der Waals surface area (Å²) in [5.41, 5.74) is 7.21. The lowest BCUT2D eigenvalue weighted by atomic mass is 9.67. The van der Waals surface area contributed by atoms with Crippen LogP contribution in [0.15, 0.2) is 91.0 Å². The monoisotopic (exact) mass is 394 g/mol. The molecule has 1 aliphatic carbocycles. The third kappa shape index (κ3) is 2.56. The quantitative estimate of drug-likeness (QED) is 0.402. The topological polar surface area (TPSA) is 60.7 Å². The van der Waals surface area contributed by atoms with Gasteiger partial charge in [-0.3, -0.25) is 0 Å². The lowest BCUT2D eigenvalue weighted by Gasteiger charge is -2.34. The van der Waals surface area contributed by atoms with Gasteiger partial charge in [0, 0.05) is 6.61 Å². The highest BCUT2D eigenvalue weighted by atomic mass is 16.3. The number of aliphatic hydroxyl groups is 1. The predicted octanol–water partition coefficient (Wildman–Crippen LogP) is 5.00. The zero-order valence-corrected chi connectivity index (χ0v) is 16.4. The standard InChI is InChI=1S/C27H22O3/c28-17-16-18-4-3-7-25-26(18)23-5-1-2-6-24(23)27(25,19-8-12-21(29)13-9-19)20-10-14-22(30)15-11-20/h1-15,28-30H,16-17H2. The van der Waals surface area contributed by atoms with Gasteiger partial charge < -0.3 is 15.3 Å². The molecule has 1 aliphatic rings. The van der Waals surface area contributed by atoms with E-state index in [1.165, 1.54) is 0 Å². The molecule has 4 aromatic rings. The molecule has 0 aromatic heterocycles. The molecule has 0 aliphatic heterocycles. The summed E-state index contributed by atoms with van der Waals surface area (Å²) < 4.78 is 0. The molecule has 0 radical (unpaired) electrons. The van der Waals surface area contributed by atoms with E-state index >= 15 is 0 Å². The minimum absolute atomic E-state index is 0.0873. The van der Waals surface area contributed by atoms with E-state index in [0.29, 0.717) is 6.42 Å². The van der Waals surface area contributed by atoms with Gasteiger partial charge in [-0.05, 0) is 69.6 Å². The van der Waals surface area contributed by atoms with Crippen LogP contribution in [0.1, 0.15) is 27.8 Å². The molecule has 30 heavy (non-hydrogen) atoms. The number of hydrogen-bond acceptors (Lipinski definition) is 3. The van der Waals surface area contributed by atoms with Gasteiger partial charge in [-0.2, -0.15) is 0 Å². The van der Waals surface area contributed by atoms with E-state index in [1.54, 1.807) is 24.3 Å². The van der Waals surface area contributed by atoms with Crippen molar-refractivity contribution in [3.05, 3.63) is 119 Å². The van der Waals surface area contributed by atoms with Gasteiger partial charge >= 0.3 is 0 Å². The van der Waals surface area contributed by atoms with Gasteiger partial charge in [-0.1, -0.05) is 66.7 Å². The van der Waals surface area contributed by atoms with Crippen molar-refractivity contribution in [2.24, 2.45) is 0 Å². The summed E-state index contributed by atoms with van der Waals surface area (Å²) >= 11 is 0. The highest BCUT2D eigenvalue weighted by molar-refractivity contribution is 5.88. The molecule has 0 amide bonds. The third-order valence-corrected chi connectivity index (χ3v) is 6.14. The number of phenolic OH excluding ortho intramolecular Hbond substituents is 2. The Bertz CT molecular complexity index is 1160. The van der Waals surface area contributed by atoms with E-state index in [0.717, 1.165) is 38.9 Å². The molecule has 5 rings (SSSR count). The van der Waals surface area contributed by atoms with Crippen LogP contribution in [0.4, 0.5) is 0 Å². The number of phenols is 2. The molecule has 0 saturated heterocycles. The van der Waals surface area contributed by atoms with Gasteiger partial charge in [0.05, 0.1) is 5.41 Å². The Labute approximate surface area is 175 Å². The van der Waals surface area contributed by atoms with Crippen molar-refractivity contribution in [3.8, 4) is 22.6 Å². The fourth-order valence-corrected chi connectivity index (χ4v) is 4.94. The number of benzene rings is 4. The van der Waals surface area contributed by atoms with E-state index in [1.807, 2.05) is 42.5 Å². The van der Waals surface area contributed by atoms with Crippen LogP contribution in [0.2, 0.25) is 0 Å². The Morgan fingerprint density at radius 2 is 1.17 bits per heavy atom. The second-order valence-corrected chi connectivity index (χ2v) is 7.70. The first kappa shape index (κ1) is 18.5. The summed E-state index contributed by atoms with van der Waals surface area (Å²) in [4.78, 5) is 0. The number of aliphatic hydroxyl groups excluding tert-OH is 1. The van der Waals surface area contributed by atoms with Crippen molar-refractivity contribution < 1.29 is 15.3 Å². The molecule has 0 fully saturated rings. The molecule has 0 saturated carbocycles. The Morgan fingerprint density at radius 3 is 1.77 bits per heavy atom. The van der Waals surface area contributed by atoms with Crippen LogP contribution in [0.25, 0.3) is 11.1 Å². The normalized spacial score (nSPS) is 13.6. The molecule has 3 heteroatoms. The average molecular weight is 394 g/mol. The molecule has 0 unspecified atom stereocenters. The van der Waals surface area contributed by atoms with E-state index in [2.05, 4.69) is 24.3 Å². The van der Waals surface area contributed by atoms with Gasteiger partial charge in [0.1, 0.15) is 11.5 Å². The SMILES string of the molecule is OCCc1cccc2c1-c1ccccc1C2(c1ccc(O)cc1)c1ccc(O)cc1. The molecule has 148 valence electrons. The molecule has 3 nitrogen and oxygen atoms in total. The van der Waals surface area contributed by atoms with E-state index in [9.17, 15) is 15.3 Å². The second-order valence-electron chi connectivity index (χ2n) is 7.70. The maximum Gasteiger partial charge on any atom is 0.115 e. The number of hydrogen-bond donors (Lipinski definition) is 3. The smallest absolute Gasteiger partial charge is 0.115 e. The van der Waals surface area contributed by atoms with Crippen molar-refractivity contribution in [2.45, 2.75) is 11.8 Å². The summed E-state index contributed by atoms with van der Waals surface area (Å²) in [5.74, 6) is 0.445.